The van der Waals surface area contributed by atoms with Crippen molar-refractivity contribution in [2.75, 3.05) is 45.7 Å². The molecule has 0 saturated carbocycles. The number of hydrogen-bond acceptors (Lipinski definition) is 5. The summed E-state index contributed by atoms with van der Waals surface area (Å²) in [6, 6.07) is 15.8. The van der Waals surface area contributed by atoms with Crippen LogP contribution in [0.1, 0.15) is 30.0 Å². The molecule has 0 unspecified atom stereocenters. The Bertz CT molecular complexity index is 877. The number of para-hydroxylation sites is 1. The Morgan fingerprint density at radius 1 is 1.00 bits per heavy atom. The maximum absolute atomic E-state index is 12.4. The maximum atomic E-state index is 12.4. The second-order valence-electron chi connectivity index (χ2n) is 7.95. The minimum absolute atomic E-state index is 0.0460. The van der Waals surface area contributed by atoms with Gasteiger partial charge in [0.2, 0.25) is 0 Å². The first-order valence-electron chi connectivity index (χ1n) is 10.7. The Labute approximate surface area is 184 Å². The number of likely N-dealkylation sites (tertiary alicyclic amines) is 1. The van der Waals surface area contributed by atoms with E-state index < -0.39 is 11.8 Å². The number of nitrogens with one attached hydrogen (secondary N) is 2. The van der Waals surface area contributed by atoms with Crippen LogP contribution in [0.2, 0.25) is 0 Å². The van der Waals surface area contributed by atoms with E-state index in [1.807, 2.05) is 38.4 Å². The first-order chi connectivity index (χ1) is 15.0. The molecule has 0 radical (unpaired) electrons. The minimum atomic E-state index is -0.644. The van der Waals surface area contributed by atoms with Crippen molar-refractivity contribution in [1.82, 2.24) is 15.5 Å². The molecule has 1 aliphatic rings. The van der Waals surface area contributed by atoms with Crippen LogP contribution in [-0.4, -0.2) is 57.6 Å². The molecule has 2 aromatic carbocycles. The van der Waals surface area contributed by atoms with Gasteiger partial charge in [-0.25, -0.2) is 0 Å². The first kappa shape index (κ1) is 22.6. The smallest absolute Gasteiger partial charge is 0.309 e. The maximum Gasteiger partial charge on any atom is 0.309 e. The third kappa shape index (κ3) is 5.98. The number of nitrogens with zero attached hydrogens (tertiary/aromatic N) is 2. The molecular weight excluding hydrogens is 392 g/mol. The number of rotatable bonds is 8. The van der Waals surface area contributed by atoms with E-state index in [4.69, 9.17) is 4.74 Å². The lowest BCUT2D eigenvalue weighted by atomic mass is 10.0. The summed E-state index contributed by atoms with van der Waals surface area (Å²) < 4.78 is 5.29. The largest absolute Gasteiger partial charge is 0.496 e. The monoisotopic (exact) mass is 424 g/mol. The number of ether oxygens (including phenoxy) is 1. The summed E-state index contributed by atoms with van der Waals surface area (Å²) in [5.74, 6) is -0.587. The van der Waals surface area contributed by atoms with Crippen molar-refractivity contribution in [1.29, 1.82) is 0 Å². The van der Waals surface area contributed by atoms with Crippen molar-refractivity contribution in [2.45, 2.75) is 25.4 Å². The zero-order valence-corrected chi connectivity index (χ0v) is 18.6. The van der Waals surface area contributed by atoms with E-state index in [1.54, 1.807) is 7.11 Å². The van der Waals surface area contributed by atoms with Gasteiger partial charge >= 0.3 is 11.8 Å². The highest BCUT2D eigenvalue weighted by molar-refractivity contribution is 6.35. The van der Waals surface area contributed by atoms with Crippen molar-refractivity contribution in [3.8, 4) is 5.75 Å². The Morgan fingerprint density at radius 3 is 2.29 bits per heavy atom. The van der Waals surface area contributed by atoms with Gasteiger partial charge in [-0.3, -0.25) is 14.5 Å². The fourth-order valence-corrected chi connectivity index (χ4v) is 3.88. The SMILES string of the molecule is COc1ccccc1CNC(=O)C(=O)NC[C@@H](c1ccc(N(C)C)cc1)N1CCCC1. The number of methoxy groups -OCH3 is 1. The van der Waals surface area contributed by atoms with Crippen molar-refractivity contribution in [3.63, 3.8) is 0 Å². The highest BCUT2D eigenvalue weighted by Crippen LogP contribution is 2.26. The van der Waals surface area contributed by atoms with Crippen molar-refractivity contribution in [2.24, 2.45) is 0 Å². The lowest BCUT2D eigenvalue weighted by Gasteiger charge is -2.28. The average molecular weight is 425 g/mol. The van der Waals surface area contributed by atoms with E-state index in [-0.39, 0.29) is 12.6 Å². The summed E-state index contributed by atoms with van der Waals surface area (Å²) in [7, 11) is 5.60. The predicted molar refractivity (Wildman–Crippen MR) is 122 cm³/mol. The summed E-state index contributed by atoms with van der Waals surface area (Å²) in [6.45, 7) is 2.62. The zero-order valence-electron chi connectivity index (χ0n) is 18.6. The van der Waals surface area contributed by atoms with E-state index in [1.165, 1.54) is 0 Å². The third-order valence-corrected chi connectivity index (χ3v) is 5.67. The summed E-state index contributed by atoms with van der Waals surface area (Å²) in [5, 5.41) is 5.50. The molecule has 2 aromatic rings. The Hall–Kier alpha value is -3.06. The van der Waals surface area contributed by atoms with Gasteiger partial charge in [-0.1, -0.05) is 30.3 Å². The van der Waals surface area contributed by atoms with Crippen LogP contribution in [0, 0.1) is 0 Å². The molecule has 31 heavy (non-hydrogen) atoms. The highest BCUT2D eigenvalue weighted by Gasteiger charge is 2.25. The van der Waals surface area contributed by atoms with Crippen molar-refractivity contribution in [3.05, 3.63) is 59.7 Å². The molecule has 0 spiro atoms. The molecule has 0 aliphatic carbocycles. The normalized spacial score (nSPS) is 14.7. The molecule has 1 heterocycles. The molecule has 0 aromatic heterocycles. The molecule has 0 bridgehead atoms. The van der Waals surface area contributed by atoms with E-state index >= 15 is 0 Å². The Kier molecular flexibility index (Phi) is 7.89. The fourth-order valence-electron chi connectivity index (χ4n) is 3.88. The molecular formula is C24H32N4O3. The number of carbonyl (C=O) groups excluding carboxylic acids is 2. The van der Waals surface area contributed by atoms with Gasteiger partial charge in [0, 0.05) is 38.4 Å². The third-order valence-electron chi connectivity index (χ3n) is 5.67. The molecule has 7 heteroatoms. The zero-order chi connectivity index (χ0) is 22.2. The van der Waals surface area contributed by atoms with Gasteiger partial charge in [-0.05, 0) is 49.7 Å². The van der Waals surface area contributed by atoms with Crippen LogP contribution in [0.4, 0.5) is 5.69 Å². The standard InChI is InChI=1S/C24H32N4O3/c1-27(2)20-12-10-18(11-13-20)21(28-14-6-7-15-28)17-26-24(30)23(29)25-16-19-8-4-5-9-22(19)31-3/h4-5,8-13,21H,6-7,14-17H2,1-3H3,(H,25,29)(H,26,30)/t21-/m0/s1. The van der Waals surface area contributed by atoms with Gasteiger partial charge in [0.25, 0.3) is 0 Å². The second-order valence-corrected chi connectivity index (χ2v) is 7.95. The number of carbonyl (C=O) groups is 2. The second kappa shape index (κ2) is 10.8. The van der Waals surface area contributed by atoms with E-state index in [0.29, 0.717) is 12.3 Å². The first-order valence-corrected chi connectivity index (χ1v) is 10.7. The van der Waals surface area contributed by atoms with Crippen LogP contribution in [0.15, 0.2) is 48.5 Å². The molecule has 1 atom stereocenters. The van der Waals surface area contributed by atoms with Crippen LogP contribution in [0.5, 0.6) is 5.75 Å². The van der Waals surface area contributed by atoms with Crippen LogP contribution in [-0.2, 0) is 16.1 Å². The predicted octanol–water partition coefficient (Wildman–Crippen LogP) is 2.33. The summed E-state index contributed by atoms with van der Waals surface area (Å²) in [5.41, 5.74) is 3.09. The number of amides is 2. The molecule has 1 saturated heterocycles. The highest BCUT2D eigenvalue weighted by atomic mass is 16.5. The minimum Gasteiger partial charge on any atom is -0.496 e. The van der Waals surface area contributed by atoms with Gasteiger partial charge < -0.3 is 20.3 Å². The molecule has 7 nitrogen and oxygen atoms in total. The number of hydrogen-bond donors (Lipinski definition) is 2. The summed E-state index contributed by atoms with van der Waals surface area (Å²) >= 11 is 0. The van der Waals surface area contributed by atoms with Gasteiger partial charge in [0.05, 0.1) is 13.2 Å². The van der Waals surface area contributed by atoms with Gasteiger partial charge in [0.15, 0.2) is 0 Å². The van der Waals surface area contributed by atoms with Gasteiger partial charge in [0.1, 0.15) is 5.75 Å². The summed E-state index contributed by atoms with van der Waals surface area (Å²) in [4.78, 5) is 29.2. The fraction of sp³-hybridized carbons (Fsp3) is 0.417. The van der Waals surface area contributed by atoms with Gasteiger partial charge in [-0.15, -0.1) is 0 Å². The van der Waals surface area contributed by atoms with Crippen LogP contribution >= 0.6 is 0 Å². The number of benzene rings is 2. The van der Waals surface area contributed by atoms with E-state index in [0.717, 1.165) is 42.7 Å². The Morgan fingerprint density at radius 2 is 1.65 bits per heavy atom. The van der Waals surface area contributed by atoms with Crippen LogP contribution < -0.4 is 20.3 Å². The van der Waals surface area contributed by atoms with Crippen LogP contribution in [0.25, 0.3) is 0 Å². The molecule has 3 rings (SSSR count). The quantitative estimate of drug-likeness (QED) is 0.637. The van der Waals surface area contributed by atoms with Crippen molar-refractivity contribution < 1.29 is 14.3 Å². The topological polar surface area (TPSA) is 73.9 Å². The number of anilines is 1. The van der Waals surface area contributed by atoms with E-state index in [2.05, 4.69) is 44.7 Å². The molecule has 2 amide bonds. The Balaban J connectivity index is 1.59. The molecule has 1 fully saturated rings. The molecule has 166 valence electrons. The van der Waals surface area contributed by atoms with Gasteiger partial charge in [-0.2, -0.15) is 0 Å². The molecule has 2 N–H and O–H groups in total. The summed E-state index contributed by atoms with van der Waals surface area (Å²) in [6.07, 6.45) is 2.30. The lowest BCUT2D eigenvalue weighted by Crippen LogP contribution is -2.43. The van der Waals surface area contributed by atoms with Crippen LogP contribution in [0.3, 0.4) is 0 Å². The van der Waals surface area contributed by atoms with E-state index in [9.17, 15) is 9.59 Å². The lowest BCUT2D eigenvalue weighted by molar-refractivity contribution is -0.139. The molecule has 1 aliphatic heterocycles. The van der Waals surface area contributed by atoms with Crippen molar-refractivity contribution >= 4 is 17.5 Å². The average Bonchev–Trinajstić information content (AvgIpc) is 3.32.